The molecule has 0 saturated carbocycles. The van der Waals surface area contributed by atoms with Gasteiger partial charge in [-0.15, -0.1) is 0 Å². The quantitative estimate of drug-likeness (QED) is 0.224. The van der Waals surface area contributed by atoms with Crippen molar-refractivity contribution in [2.24, 2.45) is 0 Å². The third kappa shape index (κ3) is 5.66. The summed E-state index contributed by atoms with van der Waals surface area (Å²) >= 11 is 0. The molecule has 1 unspecified atom stereocenters. The first kappa shape index (κ1) is 23.5. The van der Waals surface area contributed by atoms with E-state index in [-0.39, 0.29) is 0 Å². The summed E-state index contributed by atoms with van der Waals surface area (Å²) < 4.78 is 19.0. The van der Waals surface area contributed by atoms with Gasteiger partial charge in [0.1, 0.15) is 17.3 Å². The molecular formula is C29H33O3P. The van der Waals surface area contributed by atoms with Crippen molar-refractivity contribution in [3.8, 4) is 22.6 Å². The second-order valence-corrected chi connectivity index (χ2v) is 9.91. The summed E-state index contributed by atoms with van der Waals surface area (Å²) in [5.41, 5.74) is 6.77. The van der Waals surface area contributed by atoms with E-state index in [9.17, 15) is 0 Å². The minimum Gasteiger partial charge on any atom is -0.457 e. The third-order valence-electron chi connectivity index (χ3n) is 5.80. The molecule has 3 nitrogen and oxygen atoms in total. The monoisotopic (exact) mass is 460 g/mol. The van der Waals surface area contributed by atoms with Crippen LogP contribution in [0, 0.1) is 6.92 Å². The smallest absolute Gasteiger partial charge is 0.234 e. The van der Waals surface area contributed by atoms with Gasteiger partial charge in [-0.05, 0) is 49.9 Å². The van der Waals surface area contributed by atoms with Crippen molar-refractivity contribution < 1.29 is 13.8 Å². The predicted octanol–water partition coefficient (Wildman–Crippen LogP) is 8.69. The van der Waals surface area contributed by atoms with Crippen LogP contribution in [0.4, 0.5) is 0 Å². The molecule has 0 radical (unpaired) electrons. The summed E-state index contributed by atoms with van der Waals surface area (Å²) in [5.74, 6) is 2.35. The highest BCUT2D eigenvalue weighted by Crippen LogP contribution is 2.52. The lowest BCUT2D eigenvalue weighted by atomic mass is 9.91. The lowest BCUT2D eigenvalue weighted by Gasteiger charge is -2.27. The van der Waals surface area contributed by atoms with Crippen LogP contribution < -0.4 is 9.26 Å². The van der Waals surface area contributed by atoms with Crippen molar-refractivity contribution in [1.29, 1.82) is 0 Å². The van der Waals surface area contributed by atoms with Crippen LogP contribution in [0.5, 0.6) is 11.5 Å². The van der Waals surface area contributed by atoms with Crippen LogP contribution in [0.1, 0.15) is 55.4 Å². The van der Waals surface area contributed by atoms with Crippen LogP contribution in [0.15, 0.2) is 67.2 Å². The highest BCUT2D eigenvalue weighted by molar-refractivity contribution is 7.46. The summed E-state index contributed by atoms with van der Waals surface area (Å²) in [6.45, 7) is 11.2. The molecule has 0 saturated heterocycles. The standard InChI is InChI=1S/C29H33O3P/c1-5-7-9-14-24-18-27-29(26-17-21(3)15-16-25(26)22(4)31-27)28(19-24)32-33(30-6-2)20-23-12-10-8-11-13-23/h8,10-13,15-19H,4-7,9,14,20H2,1-3H3. The highest BCUT2D eigenvalue weighted by atomic mass is 31.2. The molecule has 1 atom stereocenters. The maximum atomic E-state index is 6.67. The third-order valence-corrected chi connectivity index (χ3v) is 7.37. The molecule has 3 aromatic rings. The number of fused-ring (bicyclic) bond motifs is 3. The minimum atomic E-state index is -1.14. The summed E-state index contributed by atoms with van der Waals surface area (Å²) in [7, 11) is -1.14. The zero-order valence-electron chi connectivity index (χ0n) is 19.9. The van der Waals surface area contributed by atoms with Crippen molar-refractivity contribution in [1.82, 2.24) is 0 Å². The Morgan fingerprint density at radius 3 is 2.48 bits per heavy atom. The molecule has 0 spiro atoms. The van der Waals surface area contributed by atoms with E-state index in [1.54, 1.807) is 0 Å². The number of aryl methyl sites for hydroxylation is 2. The van der Waals surface area contributed by atoms with Crippen LogP contribution in [0.3, 0.4) is 0 Å². The SMILES string of the molecule is C=C1Oc2cc(CCCCC)cc(OP(Cc3ccccc3)OCC)c2-c2cc(C)ccc21. The van der Waals surface area contributed by atoms with Crippen LogP contribution in [0.25, 0.3) is 16.9 Å². The van der Waals surface area contributed by atoms with E-state index >= 15 is 0 Å². The van der Waals surface area contributed by atoms with Gasteiger partial charge in [-0.1, -0.05) is 80.4 Å². The molecule has 4 heteroatoms. The Morgan fingerprint density at radius 2 is 1.73 bits per heavy atom. The molecule has 3 aromatic carbocycles. The number of ether oxygens (including phenoxy) is 1. The van der Waals surface area contributed by atoms with Crippen molar-refractivity contribution in [2.75, 3.05) is 6.61 Å². The molecule has 0 fully saturated rings. The molecule has 1 aliphatic rings. The second kappa shape index (κ2) is 11.0. The molecule has 0 N–H and O–H groups in total. The zero-order chi connectivity index (χ0) is 23.2. The molecule has 4 rings (SSSR count). The van der Waals surface area contributed by atoms with E-state index in [1.807, 2.05) is 13.0 Å². The van der Waals surface area contributed by atoms with E-state index < -0.39 is 8.38 Å². The summed E-state index contributed by atoms with van der Waals surface area (Å²) in [6, 6.07) is 21.1. The molecule has 172 valence electrons. The van der Waals surface area contributed by atoms with Crippen LogP contribution in [0.2, 0.25) is 0 Å². The van der Waals surface area contributed by atoms with Gasteiger partial charge in [0.2, 0.25) is 8.38 Å². The van der Waals surface area contributed by atoms with E-state index in [4.69, 9.17) is 13.8 Å². The largest absolute Gasteiger partial charge is 0.457 e. The zero-order valence-corrected chi connectivity index (χ0v) is 20.8. The maximum absolute atomic E-state index is 6.67. The first-order valence-corrected chi connectivity index (χ1v) is 13.2. The Labute approximate surface area is 199 Å². The first-order valence-electron chi connectivity index (χ1n) is 11.9. The van der Waals surface area contributed by atoms with Gasteiger partial charge in [-0.3, -0.25) is 0 Å². The van der Waals surface area contributed by atoms with Gasteiger partial charge in [-0.25, -0.2) is 0 Å². The fraction of sp³-hybridized carbons (Fsp3) is 0.310. The van der Waals surface area contributed by atoms with E-state index in [0.717, 1.165) is 47.2 Å². The molecule has 0 aliphatic carbocycles. The Kier molecular flexibility index (Phi) is 7.85. The van der Waals surface area contributed by atoms with Crippen LogP contribution >= 0.6 is 8.38 Å². The highest BCUT2D eigenvalue weighted by Gasteiger charge is 2.27. The van der Waals surface area contributed by atoms with Crippen molar-refractivity contribution in [2.45, 2.75) is 52.6 Å². The van der Waals surface area contributed by atoms with E-state index in [1.165, 1.54) is 29.5 Å². The molecule has 0 aromatic heterocycles. The summed E-state index contributed by atoms with van der Waals surface area (Å²) in [5, 5.41) is 0. The van der Waals surface area contributed by atoms with Gasteiger partial charge >= 0.3 is 0 Å². The van der Waals surface area contributed by atoms with Crippen molar-refractivity contribution in [3.05, 3.63) is 89.5 Å². The Morgan fingerprint density at radius 1 is 0.909 bits per heavy atom. The van der Waals surface area contributed by atoms with E-state index in [0.29, 0.717) is 12.4 Å². The van der Waals surface area contributed by atoms with Gasteiger partial charge in [0.25, 0.3) is 0 Å². The molecule has 33 heavy (non-hydrogen) atoms. The normalized spacial score (nSPS) is 13.1. The van der Waals surface area contributed by atoms with Crippen LogP contribution in [-0.2, 0) is 17.1 Å². The molecule has 1 heterocycles. The predicted molar refractivity (Wildman–Crippen MR) is 139 cm³/mol. The Balaban J connectivity index is 1.75. The Hall–Kier alpha value is -2.61. The minimum absolute atomic E-state index is 0.611. The van der Waals surface area contributed by atoms with Gasteiger partial charge < -0.3 is 13.8 Å². The average molecular weight is 461 g/mol. The molecule has 1 aliphatic heterocycles. The fourth-order valence-electron chi connectivity index (χ4n) is 4.17. The first-order chi connectivity index (χ1) is 16.1. The number of benzene rings is 3. The topological polar surface area (TPSA) is 27.7 Å². The number of rotatable bonds is 10. The van der Waals surface area contributed by atoms with Gasteiger partial charge in [0.05, 0.1) is 18.3 Å². The van der Waals surface area contributed by atoms with Crippen molar-refractivity contribution >= 4 is 14.1 Å². The average Bonchev–Trinajstić information content (AvgIpc) is 2.80. The van der Waals surface area contributed by atoms with Crippen LogP contribution in [-0.4, -0.2) is 6.61 Å². The molecule has 0 amide bonds. The van der Waals surface area contributed by atoms with Gasteiger partial charge in [0, 0.05) is 11.1 Å². The number of unbranched alkanes of at least 4 members (excludes halogenated alkanes) is 2. The van der Waals surface area contributed by atoms with E-state index in [2.05, 4.69) is 75.0 Å². The molecule has 0 bridgehead atoms. The van der Waals surface area contributed by atoms with Gasteiger partial charge in [0.15, 0.2) is 0 Å². The number of hydrogen-bond donors (Lipinski definition) is 0. The lowest BCUT2D eigenvalue weighted by Crippen LogP contribution is -2.07. The second-order valence-electron chi connectivity index (χ2n) is 8.48. The van der Waals surface area contributed by atoms with Gasteiger partial charge in [-0.2, -0.15) is 0 Å². The van der Waals surface area contributed by atoms with Crippen molar-refractivity contribution in [3.63, 3.8) is 0 Å². The lowest BCUT2D eigenvalue weighted by molar-refractivity contribution is 0.332. The number of hydrogen-bond acceptors (Lipinski definition) is 3. The molecular weight excluding hydrogens is 427 g/mol. The fourth-order valence-corrected chi connectivity index (χ4v) is 5.54. The Bertz CT molecular complexity index is 1110. The summed E-state index contributed by atoms with van der Waals surface area (Å²) in [6.07, 6.45) is 5.30. The summed E-state index contributed by atoms with van der Waals surface area (Å²) in [4.78, 5) is 0. The maximum Gasteiger partial charge on any atom is 0.234 e.